The van der Waals surface area contributed by atoms with E-state index in [1.165, 1.54) is 4.90 Å². The first-order chi connectivity index (χ1) is 17.0. The molecule has 1 spiro atoms. The van der Waals surface area contributed by atoms with E-state index in [2.05, 4.69) is 6.08 Å². The van der Waals surface area contributed by atoms with Gasteiger partial charge in [0, 0.05) is 36.5 Å². The zero-order valence-corrected chi connectivity index (χ0v) is 22.2. The maximum atomic E-state index is 14.2. The molecule has 1 aromatic rings. The summed E-state index contributed by atoms with van der Waals surface area (Å²) in [5.41, 5.74) is 0.601. The fraction of sp³-hybridized carbons (Fsp3) is 0.536. The standard InChI is InChI=1S/C28H35N3O4S/c1-26(2,3)31-15-9-13-28-21(24(34)30(16-17-32)22(28)25(31)35)20-23(33)29(14-8-12-27(20,4)36-28)18-19-10-6-5-7-11-19/h5-13,20-22,32H,14-18H2,1-4H3/t20-,21+,22?,27+,28+/m1/s1. The summed E-state index contributed by atoms with van der Waals surface area (Å²) in [6.07, 6.45) is 8.11. The van der Waals surface area contributed by atoms with Crippen LogP contribution in [0.25, 0.3) is 0 Å². The van der Waals surface area contributed by atoms with Crippen LogP contribution in [0.1, 0.15) is 33.3 Å². The van der Waals surface area contributed by atoms with E-state index in [-0.39, 0.29) is 30.9 Å². The number of β-amino-alcohol motifs (C(OH)–C–C–N with tert-alkyl or cyclic N) is 1. The summed E-state index contributed by atoms with van der Waals surface area (Å²) >= 11 is 1.57. The van der Waals surface area contributed by atoms with Crippen LogP contribution in [-0.4, -0.2) is 84.8 Å². The molecule has 4 heterocycles. The van der Waals surface area contributed by atoms with Crippen LogP contribution >= 0.6 is 11.8 Å². The number of benzene rings is 1. The van der Waals surface area contributed by atoms with Crippen LogP contribution < -0.4 is 0 Å². The lowest BCUT2D eigenvalue weighted by molar-refractivity contribution is -0.146. The Bertz CT molecular complexity index is 1130. The van der Waals surface area contributed by atoms with Crippen molar-refractivity contribution in [1.82, 2.24) is 14.7 Å². The van der Waals surface area contributed by atoms with Gasteiger partial charge in [0.25, 0.3) is 0 Å². The molecule has 1 unspecified atom stereocenters. The monoisotopic (exact) mass is 509 g/mol. The molecule has 1 aromatic carbocycles. The molecule has 0 bridgehead atoms. The number of aliphatic hydroxyl groups is 1. The fourth-order valence-corrected chi connectivity index (χ4v) is 8.63. The number of amides is 3. The number of aliphatic hydroxyl groups excluding tert-OH is 1. The summed E-state index contributed by atoms with van der Waals surface area (Å²) < 4.78 is -1.51. The van der Waals surface area contributed by atoms with Crippen LogP contribution in [0.3, 0.4) is 0 Å². The average Bonchev–Trinajstić information content (AvgIpc) is 3.07. The lowest BCUT2D eigenvalue weighted by atomic mass is 9.74. The van der Waals surface area contributed by atoms with Crippen LogP contribution in [0.15, 0.2) is 54.6 Å². The summed E-state index contributed by atoms with van der Waals surface area (Å²) in [7, 11) is 0. The molecule has 3 amide bonds. The lowest BCUT2D eigenvalue weighted by Gasteiger charge is -2.40. The molecule has 7 nitrogen and oxygen atoms in total. The molecular formula is C28H35N3O4S. The molecule has 4 aliphatic rings. The van der Waals surface area contributed by atoms with Gasteiger partial charge in [0.1, 0.15) is 6.04 Å². The van der Waals surface area contributed by atoms with E-state index in [4.69, 9.17) is 0 Å². The topological polar surface area (TPSA) is 81.2 Å². The van der Waals surface area contributed by atoms with Crippen molar-refractivity contribution in [2.24, 2.45) is 11.8 Å². The molecule has 5 rings (SSSR count). The minimum absolute atomic E-state index is 0.0588. The first-order valence-electron chi connectivity index (χ1n) is 12.6. The SMILES string of the molecule is CC(C)(C)N1CC=C[C@]23S[C@@]4(C)C=CCN(Cc5ccccc5)C(=O)[C@H]4[C@H]2C(=O)N(CCO)C3C1=O. The van der Waals surface area contributed by atoms with Gasteiger partial charge >= 0.3 is 0 Å². The number of hydrogen-bond acceptors (Lipinski definition) is 5. The second kappa shape index (κ2) is 8.77. The number of carbonyl (C=O) groups is 3. The molecule has 0 aliphatic carbocycles. The summed E-state index contributed by atoms with van der Waals surface area (Å²) in [4.78, 5) is 47.5. The molecule has 0 saturated carbocycles. The van der Waals surface area contributed by atoms with Gasteiger partial charge in [-0.05, 0) is 33.3 Å². The maximum Gasteiger partial charge on any atom is 0.247 e. The number of thioether (sulfide) groups is 1. The summed E-state index contributed by atoms with van der Waals surface area (Å²) in [5, 5.41) is 9.83. The highest BCUT2D eigenvalue weighted by Crippen LogP contribution is 2.65. The Hall–Kier alpha value is -2.58. The zero-order valence-electron chi connectivity index (χ0n) is 21.4. The number of likely N-dealkylation sites (tertiary alicyclic amines) is 1. The van der Waals surface area contributed by atoms with Gasteiger partial charge < -0.3 is 19.8 Å². The number of nitrogens with zero attached hydrogens (tertiary/aromatic N) is 3. The second-order valence-corrected chi connectivity index (χ2v) is 13.2. The Morgan fingerprint density at radius 1 is 0.972 bits per heavy atom. The van der Waals surface area contributed by atoms with Gasteiger partial charge in [-0.3, -0.25) is 14.4 Å². The van der Waals surface area contributed by atoms with E-state index in [9.17, 15) is 19.5 Å². The van der Waals surface area contributed by atoms with Crippen LogP contribution in [0.2, 0.25) is 0 Å². The molecule has 1 N–H and O–H groups in total. The van der Waals surface area contributed by atoms with Gasteiger partial charge in [-0.25, -0.2) is 0 Å². The lowest BCUT2D eigenvalue weighted by Crippen LogP contribution is -2.57. The maximum absolute atomic E-state index is 14.2. The third-order valence-electron chi connectivity index (χ3n) is 8.01. The highest BCUT2D eigenvalue weighted by atomic mass is 32.2. The molecule has 4 aliphatic heterocycles. The quantitative estimate of drug-likeness (QED) is 0.631. The van der Waals surface area contributed by atoms with Crippen molar-refractivity contribution < 1.29 is 19.5 Å². The first-order valence-corrected chi connectivity index (χ1v) is 13.5. The van der Waals surface area contributed by atoms with E-state index in [1.807, 2.05) is 81.2 Å². The third-order valence-corrected chi connectivity index (χ3v) is 9.80. The smallest absolute Gasteiger partial charge is 0.247 e. The third kappa shape index (κ3) is 3.72. The average molecular weight is 510 g/mol. The van der Waals surface area contributed by atoms with Gasteiger partial charge in [-0.2, -0.15) is 0 Å². The van der Waals surface area contributed by atoms with Gasteiger partial charge in [-0.1, -0.05) is 54.6 Å². The largest absolute Gasteiger partial charge is 0.395 e. The highest BCUT2D eigenvalue weighted by Gasteiger charge is 2.74. The zero-order chi connectivity index (χ0) is 25.9. The Balaban J connectivity index is 1.60. The van der Waals surface area contributed by atoms with Gasteiger partial charge in [-0.15, -0.1) is 11.8 Å². The highest BCUT2D eigenvalue weighted by molar-refractivity contribution is 8.02. The number of rotatable bonds is 4. The van der Waals surface area contributed by atoms with E-state index < -0.39 is 32.9 Å². The molecule has 8 heteroatoms. The summed E-state index contributed by atoms with van der Waals surface area (Å²) in [6.45, 7) is 9.21. The Morgan fingerprint density at radius 2 is 1.67 bits per heavy atom. The van der Waals surface area contributed by atoms with Crippen LogP contribution in [0.4, 0.5) is 0 Å². The van der Waals surface area contributed by atoms with E-state index in [1.54, 1.807) is 16.7 Å². The van der Waals surface area contributed by atoms with Crippen LogP contribution in [0, 0.1) is 11.8 Å². The molecular weight excluding hydrogens is 474 g/mol. The number of hydrogen-bond donors (Lipinski definition) is 1. The van der Waals surface area contributed by atoms with Crippen LogP contribution in [-0.2, 0) is 20.9 Å². The van der Waals surface area contributed by atoms with E-state index in [0.717, 1.165) is 5.56 Å². The van der Waals surface area contributed by atoms with Gasteiger partial charge in [0.15, 0.2) is 0 Å². The Morgan fingerprint density at radius 3 is 2.33 bits per heavy atom. The first kappa shape index (κ1) is 25.1. The predicted molar refractivity (Wildman–Crippen MR) is 140 cm³/mol. The Kier molecular flexibility index (Phi) is 6.11. The fourth-order valence-electron chi connectivity index (χ4n) is 6.47. The van der Waals surface area contributed by atoms with Crippen LogP contribution in [0.5, 0.6) is 0 Å². The van der Waals surface area contributed by atoms with Gasteiger partial charge in [0.2, 0.25) is 17.7 Å². The minimum atomic E-state index is -0.876. The van der Waals surface area contributed by atoms with E-state index >= 15 is 0 Å². The normalized spacial score (nSPS) is 34.0. The van der Waals surface area contributed by atoms with Crippen molar-refractivity contribution in [2.75, 3.05) is 26.2 Å². The van der Waals surface area contributed by atoms with Crippen molar-refractivity contribution in [2.45, 2.75) is 55.3 Å². The molecule has 5 atom stereocenters. The number of fused-ring (bicyclic) bond motifs is 2. The minimum Gasteiger partial charge on any atom is -0.395 e. The van der Waals surface area contributed by atoms with Crippen molar-refractivity contribution >= 4 is 29.5 Å². The predicted octanol–water partition coefficient (Wildman–Crippen LogP) is 2.46. The molecule has 36 heavy (non-hydrogen) atoms. The summed E-state index contributed by atoms with van der Waals surface area (Å²) in [5.74, 6) is -1.69. The second-order valence-electron chi connectivity index (χ2n) is 11.4. The molecule has 2 fully saturated rings. The van der Waals surface area contributed by atoms with Crippen molar-refractivity contribution in [3.8, 4) is 0 Å². The number of carbonyl (C=O) groups excluding carboxylic acids is 3. The molecule has 0 radical (unpaired) electrons. The van der Waals surface area contributed by atoms with Gasteiger partial charge in [0.05, 0.1) is 23.2 Å². The Labute approximate surface area is 217 Å². The summed E-state index contributed by atoms with van der Waals surface area (Å²) in [6, 6.07) is 9.10. The molecule has 0 aromatic heterocycles. The van der Waals surface area contributed by atoms with Crippen molar-refractivity contribution in [3.63, 3.8) is 0 Å². The van der Waals surface area contributed by atoms with Crippen molar-refractivity contribution in [1.29, 1.82) is 0 Å². The molecule has 2 saturated heterocycles. The van der Waals surface area contributed by atoms with Crippen molar-refractivity contribution in [3.05, 3.63) is 60.2 Å². The van der Waals surface area contributed by atoms with E-state index in [0.29, 0.717) is 19.6 Å². The molecule has 192 valence electrons.